The highest BCUT2D eigenvalue weighted by molar-refractivity contribution is 9.10. The smallest absolute Gasteiger partial charge is 0.126 e. The molecule has 0 aliphatic heterocycles. The summed E-state index contributed by atoms with van der Waals surface area (Å²) < 4.78 is 14.8. The van der Waals surface area contributed by atoms with E-state index in [0.29, 0.717) is 12.0 Å². The lowest BCUT2D eigenvalue weighted by molar-refractivity contribution is 0.363. The molecule has 3 rings (SSSR count). The first-order valence-corrected chi connectivity index (χ1v) is 7.70. The van der Waals surface area contributed by atoms with Crippen LogP contribution in [0, 0.1) is 12.7 Å². The van der Waals surface area contributed by atoms with E-state index >= 15 is 0 Å². The van der Waals surface area contributed by atoms with Crippen molar-refractivity contribution >= 4 is 21.6 Å². The van der Waals surface area contributed by atoms with Crippen LogP contribution in [-0.2, 0) is 0 Å². The van der Waals surface area contributed by atoms with Crippen LogP contribution >= 0.6 is 15.9 Å². The maximum absolute atomic E-state index is 13.7. The molecule has 1 aliphatic carbocycles. The van der Waals surface area contributed by atoms with Gasteiger partial charge in [-0.1, -0.05) is 40.2 Å². The van der Waals surface area contributed by atoms with Gasteiger partial charge in [0.15, 0.2) is 0 Å². The predicted molar refractivity (Wildman–Crippen MR) is 84.7 cm³/mol. The van der Waals surface area contributed by atoms with Crippen molar-refractivity contribution in [2.75, 3.05) is 5.32 Å². The zero-order chi connectivity index (χ0) is 14.1. The second kappa shape index (κ2) is 5.57. The van der Waals surface area contributed by atoms with Crippen LogP contribution < -0.4 is 5.32 Å². The molecule has 0 amide bonds. The monoisotopic (exact) mass is 333 g/mol. The van der Waals surface area contributed by atoms with Gasteiger partial charge in [0.1, 0.15) is 5.82 Å². The Balaban J connectivity index is 1.61. The minimum atomic E-state index is -0.0750. The van der Waals surface area contributed by atoms with Crippen molar-refractivity contribution in [3.63, 3.8) is 0 Å². The minimum Gasteiger partial charge on any atom is -0.382 e. The molecule has 0 radical (unpaired) electrons. The quantitative estimate of drug-likeness (QED) is 0.808. The van der Waals surface area contributed by atoms with E-state index in [0.717, 1.165) is 28.6 Å². The fourth-order valence-electron chi connectivity index (χ4n) is 2.71. The van der Waals surface area contributed by atoms with Gasteiger partial charge in [0.2, 0.25) is 0 Å². The van der Waals surface area contributed by atoms with Crippen LogP contribution in [0.1, 0.15) is 29.9 Å². The Morgan fingerprint density at radius 3 is 2.60 bits per heavy atom. The van der Waals surface area contributed by atoms with E-state index in [1.165, 1.54) is 5.56 Å². The topological polar surface area (TPSA) is 12.0 Å². The Labute approximate surface area is 127 Å². The normalized spacial score (nSPS) is 21.4. The van der Waals surface area contributed by atoms with E-state index in [4.69, 9.17) is 0 Å². The van der Waals surface area contributed by atoms with Crippen LogP contribution in [0.25, 0.3) is 0 Å². The Morgan fingerprint density at radius 1 is 1.15 bits per heavy atom. The van der Waals surface area contributed by atoms with E-state index in [9.17, 15) is 4.39 Å². The number of rotatable bonds is 3. The van der Waals surface area contributed by atoms with Gasteiger partial charge in [-0.15, -0.1) is 0 Å². The van der Waals surface area contributed by atoms with Crippen LogP contribution in [-0.4, -0.2) is 6.04 Å². The summed E-state index contributed by atoms with van der Waals surface area (Å²) in [6, 6.07) is 13.8. The molecule has 1 saturated carbocycles. The van der Waals surface area contributed by atoms with Crippen molar-refractivity contribution in [1.29, 1.82) is 0 Å². The van der Waals surface area contributed by atoms with Crippen LogP contribution in [0.3, 0.4) is 0 Å². The van der Waals surface area contributed by atoms with E-state index in [1.807, 2.05) is 12.1 Å². The molecule has 3 heteroatoms. The average molecular weight is 334 g/mol. The molecule has 1 nitrogen and oxygen atoms in total. The summed E-state index contributed by atoms with van der Waals surface area (Å²) in [5.74, 6) is 0.275. The van der Waals surface area contributed by atoms with E-state index in [1.54, 1.807) is 12.1 Å². The molecular formula is C17H17BrFN. The molecule has 1 N–H and O–H groups in total. The Kier molecular flexibility index (Phi) is 3.79. The highest BCUT2D eigenvalue weighted by Crippen LogP contribution is 2.39. The first-order chi connectivity index (χ1) is 9.63. The first-order valence-electron chi connectivity index (χ1n) is 6.90. The van der Waals surface area contributed by atoms with E-state index < -0.39 is 0 Å². The summed E-state index contributed by atoms with van der Waals surface area (Å²) in [6.07, 6.45) is 1.98. The lowest BCUT2D eigenvalue weighted by Gasteiger charge is -2.37. The van der Waals surface area contributed by atoms with Gasteiger partial charge in [0.05, 0.1) is 0 Å². The molecule has 0 aromatic heterocycles. The van der Waals surface area contributed by atoms with Gasteiger partial charge in [-0.05, 0) is 55.0 Å². The SMILES string of the molecule is Cc1ccc(NC2CC(c3ccccc3F)C2)cc1Br. The molecule has 2 aromatic rings. The van der Waals surface area contributed by atoms with Crippen LogP contribution in [0.15, 0.2) is 46.9 Å². The largest absolute Gasteiger partial charge is 0.382 e. The molecule has 1 aliphatic rings. The van der Waals surface area contributed by atoms with Gasteiger partial charge >= 0.3 is 0 Å². The summed E-state index contributed by atoms with van der Waals surface area (Å²) in [5.41, 5.74) is 3.21. The predicted octanol–water partition coefficient (Wildman–Crippen LogP) is 5.25. The summed E-state index contributed by atoms with van der Waals surface area (Å²) in [7, 11) is 0. The summed E-state index contributed by atoms with van der Waals surface area (Å²) in [5, 5.41) is 3.51. The van der Waals surface area contributed by atoms with E-state index in [-0.39, 0.29) is 5.82 Å². The lowest BCUT2D eigenvalue weighted by Crippen LogP contribution is -2.34. The number of anilines is 1. The Morgan fingerprint density at radius 2 is 1.90 bits per heavy atom. The second-order valence-corrected chi connectivity index (χ2v) is 6.35. The second-order valence-electron chi connectivity index (χ2n) is 5.50. The van der Waals surface area contributed by atoms with Gasteiger partial charge in [-0.25, -0.2) is 4.39 Å². The van der Waals surface area contributed by atoms with Crippen molar-refractivity contribution in [2.24, 2.45) is 0 Å². The molecule has 0 saturated heterocycles. The maximum atomic E-state index is 13.7. The van der Waals surface area contributed by atoms with Crippen LogP contribution in [0.4, 0.5) is 10.1 Å². The molecule has 0 bridgehead atoms. The Hall–Kier alpha value is -1.35. The number of aryl methyl sites for hydroxylation is 1. The van der Waals surface area contributed by atoms with Gasteiger partial charge in [-0.3, -0.25) is 0 Å². The number of nitrogens with one attached hydrogen (secondary N) is 1. The average Bonchev–Trinajstić information content (AvgIpc) is 2.39. The third-order valence-electron chi connectivity index (χ3n) is 4.03. The van der Waals surface area contributed by atoms with Crippen molar-refractivity contribution in [1.82, 2.24) is 0 Å². The molecule has 0 atom stereocenters. The third kappa shape index (κ3) is 2.73. The highest BCUT2D eigenvalue weighted by Gasteiger charge is 2.31. The van der Waals surface area contributed by atoms with Gasteiger partial charge in [0.25, 0.3) is 0 Å². The van der Waals surface area contributed by atoms with Crippen LogP contribution in [0.2, 0.25) is 0 Å². The molecule has 1 fully saturated rings. The van der Waals surface area contributed by atoms with Crippen molar-refractivity contribution in [3.8, 4) is 0 Å². The van der Waals surface area contributed by atoms with Gasteiger partial charge in [-0.2, -0.15) is 0 Å². The number of halogens is 2. The van der Waals surface area contributed by atoms with Gasteiger partial charge < -0.3 is 5.32 Å². The molecule has 0 spiro atoms. The summed E-state index contributed by atoms with van der Waals surface area (Å²) in [6.45, 7) is 2.07. The van der Waals surface area contributed by atoms with E-state index in [2.05, 4.69) is 46.4 Å². The molecule has 20 heavy (non-hydrogen) atoms. The van der Waals surface area contributed by atoms with Crippen molar-refractivity contribution in [3.05, 3.63) is 63.9 Å². The van der Waals surface area contributed by atoms with Crippen molar-refractivity contribution in [2.45, 2.75) is 31.7 Å². The summed E-state index contributed by atoms with van der Waals surface area (Å²) >= 11 is 3.54. The molecule has 2 aromatic carbocycles. The molecule has 0 heterocycles. The van der Waals surface area contributed by atoms with Crippen molar-refractivity contribution < 1.29 is 4.39 Å². The summed E-state index contributed by atoms with van der Waals surface area (Å²) in [4.78, 5) is 0. The zero-order valence-corrected chi connectivity index (χ0v) is 13.0. The molecule has 104 valence electrons. The fraction of sp³-hybridized carbons (Fsp3) is 0.294. The highest BCUT2D eigenvalue weighted by atomic mass is 79.9. The fourth-order valence-corrected chi connectivity index (χ4v) is 3.09. The minimum absolute atomic E-state index is 0.0750. The number of hydrogen-bond donors (Lipinski definition) is 1. The zero-order valence-electron chi connectivity index (χ0n) is 11.4. The third-order valence-corrected chi connectivity index (χ3v) is 4.88. The molecular weight excluding hydrogens is 317 g/mol. The lowest BCUT2D eigenvalue weighted by atomic mass is 9.75. The van der Waals surface area contributed by atoms with Crippen LogP contribution in [0.5, 0.6) is 0 Å². The maximum Gasteiger partial charge on any atom is 0.126 e. The number of benzene rings is 2. The Bertz CT molecular complexity index is 620. The first kappa shape index (κ1) is 13.6. The number of hydrogen-bond acceptors (Lipinski definition) is 1. The standard InChI is InChI=1S/C17H17BrFN/c1-11-6-7-13(10-16(11)18)20-14-8-12(9-14)15-4-2-3-5-17(15)19/h2-7,10,12,14,20H,8-9H2,1H3. The van der Waals surface area contributed by atoms with Gasteiger partial charge in [0, 0.05) is 16.2 Å². The molecule has 0 unspecified atom stereocenters.